The van der Waals surface area contributed by atoms with Gasteiger partial charge in [0.05, 0.1) is 19.6 Å². The molecule has 3 aliphatic rings. The zero-order valence-corrected chi connectivity index (χ0v) is 21.8. The van der Waals surface area contributed by atoms with Crippen LogP contribution < -0.4 is 14.8 Å². The van der Waals surface area contributed by atoms with Crippen molar-refractivity contribution in [1.82, 2.24) is 10.0 Å². The molecule has 8 heteroatoms. The van der Waals surface area contributed by atoms with Gasteiger partial charge in [0, 0.05) is 31.5 Å². The van der Waals surface area contributed by atoms with Gasteiger partial charge in [0.1, 0.15) is 10.6 Å². The largest absolute Gasteiger partial charge is 0.495 e. The van der Waals surface area contributed by atoms with Crippen LogP contribution in [-0.4, -0.2) is 45.6 Å². The first-order valence-electron chi connectivity index (χ1n) is 13.1. The first kappa shape index (κ1) is 25.2. The molecule has 2 fully saturated rings. The van der Waals surface area contributed by atoms with Gasteiger partial charge in [-0.3, -0.25) is 4.99 Å². The third kappa shape index (κ3) is 5.45. The number of amidine groups is 1. The molecule has 194 valence electrons. The van der Waals surface area contributed by atoms with Gasteiger partial charge in [-0.2, -0.15) is 0 Å². The number of rotatable bonds is 8. The Morgan fingerprint density at radius 2 is 1.86 bits per heavy atom. The predicted octanol–water partition coefficient (Wildman–Crippen LogP) is 3.76. The van der Waals surface area contributed by atoms with Crippen molar-refractivity contribution in [1.29, 1.82) is 0 Å². The van der Waals surface area contributed by atoms with Gasteiger partial charge in [-0.25, -0.2) is 13.1 Å². The second-order valence-corrected chi connectivity index (χ2v) is 12.2. The lowest BCUT2D eigenvalue weighted by atomic mass is 9.79. The van der Waals surface area contributed by atoms with Crippen LogP contribution in [0.25, 0.3) is 0 Å². The Morgan fingerprint density at radius 1 is 1.08 bits per heavy atom. The lowest BCUT2D eigenvalue weighted by molar-refractivity contribution is 0.280. The third-order valence-electron chi connectivity index (χ3n) is 8.19. The smallest absolute Gasteiger partial charge is 0.244 e. The Labute approximate surface area is 214 Å². The summed E-state index contributed by atoms with van der Waals surface area (Å²) in [6.07, 6.45) is 7.33. The van der Waals surface area contributed by atoms with E-state index in [0.29, 0.717) is 36.1 Å². The number of hydrogen-bond acceptors (Lipinski definition) is 5. The number of para-hydroxylation sites is 1. The summed E-state index contributed by atoms with van der Waals surface area (Å²) in [4.78, 5) is 5.18. The fraction of sp³-hybridized carbons (Fsp3) is 0.536. The molecule has 3 N–H and O–H groups in total. The predicted molar refractivity (Wildman–Crippen MR) is 141 cm³/mol. The van der Waals surface area contributed by atoms with Crippen LogP contribution in [0.15, 0.2) is 52.4 Å². The molecular weight excluding hydrogens is 474 g/mol. The molecule has 1 saturated carbocycles. The molecule has 2 aromatic rings. The molecule has 0 bridgehead atoms. The van der Waals surface area contributed by atoms with E-state index in [1.54, 1.807) is 24.3 Å². The molecule has 1 heterocycles. The van der Waals surface area contributed by atoms with Gasteiger partial charge >= 0.3 is 0 Å². The Morgan fingerprint density at radius 3 is 2.64 bits per heavy atom. The summed E-state index contributed by atoms with van der Waals surface area (Å²) in [5, 5.41) is 13.1. The number of aliphatic imine (C=N–C) groups is 1. The Bertz CT molecular complexity index is 1210. The van der Waals surface area contributed by atoms with Crippen LogP contribution in [0.1, 0.15) is 61.1 Å². The zero-order valence-electron chi connectivity index (χ0n) is 20.9. The maximum atomic E-state index is 12.8. The quantitative estimate of drug-likeness (QED) is 0.501. The number of sulfonamides is 1. The molecule has 1 aliphatic heterocycles. The monoisotopic (exact) mass is 511 g/mol. The van der Waals surface area contributed by atoms with Gasteiger partial charge in [0.2, 0.25) is 10.0 Å². The normalized spacial score (nSPS) is 26.8. The average Bonchev–Trinajstić information content (AvgIpc) is 3.34. The van der Waals surface area contributed by atoms with Crippen LogP contribution in [0, 0.1) is 11.8 Å². The van der Waals surface area contributed by atoms with E-state index in [2.05, 4.69) is 22.2 Å². The van der Waals surface area contributed by atoms with Gasteiger partial charge in [0.25, 0.3) is 0 Å². The molecule has 1 saturated heterocycles. The maximum Gasteiger partial charge on any atom is 0.244 e. The molecule has 0 radical (unpaired) electrons. The van der Waals surface area contributed by atoms with Crippen LogP contribution >= 0.6 is 0 Å². The van der Waals surface area contributed by atoms with Gasteiger partial charge in [-0.05, 0) is 79.2 Å². The van der Waals surface area contributed by atoms with Gasteiger partial charge in [0.15, 0.2) is 0 Å². The Balaban J connectivity index is 1.10. The standard InChI is InChI=1S/C28H37N3O4S/c1-35-26-4-2-3-5-27(26)36(33,34)30-17-20-8-6-19(7-9-20)16-29-28-15-24-23-12-10-21(18-32)14-22(23)11-13-25(24)31-28/h2-5,10,12,14,19-20,24-25,30,32H,6-9,11,13,15-18H2,1H3,(H,29,31)/t19?,20?,24-,25+/m0/s1. The second kappa shape index (κ2) is 10.9. The van der Waals surface area contributed by atoms with Crippen molar-refractivity contribution >= 4 is 15.9 Å². The topological polar surface area (TPSA) is 100 Å². The molecule has 0 aromatic heterocycles. The zero-order chi connectivity index (χ0) is 25.1. The van der Waals surface area contributed by atoms with Crippen LogP contribution in [0.2, 0.25) is 0 Å². The van der Waals surface area contributed by atoms with Crippen molar-refractivity contribution in [2.45, 2.75) is 68.4 Å². The summed E-state index contributed by atoms with van der Waals surface area (Å²) < 4.78 is 33.5. The fourth-order valence-electron chi connectivity index (χ4n) is 6.08. The van der Waals surface area contributed by atoms with E-state index in [9.17, 15) is 13.5 Å². The molecule has 2 atom stereocenters. The number of methoxy groups -OCH3 is 1. The number of benzene rings is 2. The van der Waals surface area contributed by atoms with Crippen molar-refractivity contribution in [3.8, 4) is 5.75 Å². The first-order valence-corrected chi connectivity index (χ1v) is 14.6. The minimum Gasteiger partial charge on any atom is -0.495 e. The molecular formula is C28H37N3O4S. The summed E-state index contributed by atoms with van der Waals surface area (Å²) in [5.41, 5.74) is 3.79. The Kier molecular flexibility index (Phi) is 7.65. The summed E-state index contributed by atoms with van der Waals surface area (Å²) in [7, 11) is -2.10. The molecule has 5 rings (SSSR count). The summed E-state index contributed by atoms with van der Waals surface area (Å²) in [6, 6.07) is 13.6. The Hall–Kier alpha value is -2.42. The second-order valence-electron chi connectivity index (χ2n) is 10.5. The number of aryl methyl sites for hydroxylation is 1. The average molecular weight is 512 g/mol. The number of nitrogens with zero attached hydrogens (tertiary/aromatic N) is 1. The minimum atomic E-state index is -3.59. The lowest BCUT2D eigenvalue weighted by Gasteiger charge is -2.28. The van der Waals surface area contributed by atoms with Crippen molar-refractivity contribution in [2.24, 2.45) is 16.8 Å². The molecule has 2 aliphatic carbocycles. The van der Waals surface area contributed by atoms with Gasteiger partial charge in [-0.15, -0.1) is 0 Å². The van der Waals surface area contributed by atoms with Crippen LogP contribution in [0.3, 0.4) is 0 Å². The first-order chi connectivity index (χ1) is 17.5. The fourth-order valence-corrected chi connectivity index (χ4v) is 7.37. The molecule has 36 heavy (non-hydrogen) atoms. The highest BCUT2D eigenvalue weighted by Crippen LogP contribution is 2.38. The number of hydrogen-bond donors (Lipinski definition) is 3. The van der Waals surface area contributed by atoms with E-state index in [1.807, 2.05) is 6.07 Å². The van der Waals surface area contributed by atoms with Crippen molar-refractivity contribution in [3.63, 3.8) is 0 Å². The molecule has 2 aromatic carbocycles. The number of aliphatic hydroxyl groups excluding tert-OH is 1. The summed E-state index contributed by atoms with van der Waals surface area (Å²) in [5.74, 6) is 2.89. The van der Waals surface area contributed by atoms with Gasteiger partial charge in [-0.1, -0.05) is 30.3 Å². The van der Waals surface area contributed by atoms with E-state index in [-0.39, 0.29) is 11.5 Å². The minimum absolute atomic E-state index is 0.0994. The SMILES string of the molecule is COc1ccccc1S(=O)(=O)NCC1CCC(CN=C2C[C@H]3c4ccc(CO)cc4CC[C@H]3N2)CC1. The highest BCUT2D eigenvalue weighted by Gasteiger charge is 2.36. The number of fused-ring (bicyclic) bond motifs is 3. The summed E-state index contributed by atoms with van der Waals surface area (Å²) in [6.45, 7) is 1.41. The molecule has 0 spiro atoms. The third-order valence-corrected chi connectivity index (χ3v) is 9.66. The van der Waals surface area contributed by atoms with E-state index >= 15 is 0 Å². The van der Waals surface area contributed by atoms with Crippen molar-refractivity contribution in [2.75, 3.05) is 20.2 Å². The van der Waals surface area contributed by atoms with Crippen LogP contribution in [0.4, 0.5) is 0 Å². The number of aliphatic hydroxyl groups is 1. The summed E-state index contributed by atoms with van der Waals surface area (Å²) >= 11 is 0. The molecule has 0 amide bonds. The van der Waals surface area contributed by atoms with Crippen LogP contribution in [-0.2, 0) is 23.1 Å². The van der Waals surface area contributed by atoms with E-state index in [4.69, 9.17) is 9.73 Å². The van der Waals surface area contributed by atoms with E-state index in [0.717, 1.165) is 62.9 Å². The van der Waals surface area contributed by atoms with Crippen molar-refractivity contribution < 1.29 is 18.3 Å². The molecule has 7 nitrogen and oxygen atoms in total. The van der Waals surface area contributed by atoms with Crippen LogP contribution in [0.5, 0.6) is 5.75 Å². The van der Waals surface area contributed by atoms with Crippen molar-refractivity contribution in [3.05, 3.63) is 59.2 Å². The number of ether oxygens (including phenoxy) is 1. The van der Waals surface area contributed by atoms with E-state index < -0.39 is 10.0 Å². The maximum absolute atomic E-state index is 12.8. The number of nitrogens with one attached hydrogen (secondary N) is 2. The lowest BCUT2D eigenvalue weighted by Crippen LogP contribution is -2.32. The van der Waals surface area contributed by atoms with E-state index in [1.165, 1.54) is 18.2 Å². The molecule has 0 unspecified atom stereocenters. The highest BCUT2D eigenvalue weighted by molar-refractivity contribution is 7.89. The highest BCUT2D eigenvalue weighted by atomic mass is 32.2. The van der Waals surface area contributed by atoms with Gasteiger partial charge < -0.3 is 15.2 Å².